The summed E-state index contributed by atoms with van der Waals surface area (Å²) < 4.78 is 11.2. The molecule has 31 heavy (non-hydrogen) atoms. The fraction of sp³-hybridized carbons (Fsp3) is 0.296. The van der Waals surface area contributed by atoms with Gasteiger partial charge in [0.25, 0.3) is 0 Å². The highest BCUT2D eigenvalue weighted by Gasteiger charge is 2.28. The molecule has 0 fully saturated rings. The van der Waals surface area contributed by atoms with E-state index in [-0.39, 0.29) is 11.9 Å². The van der Waals surface area contributed by atoms with Gasteiger partial charge in [-0.05, 0) is 49.3 Å². The molecule has 0 aliphatic heterocycles. The molecular weight excluding hydrogens is 401 g/mol. The summed E-state index contributed by atoms with van der Waals surface area (Å²) in [7, 11) is 2.21. The smallest absolute Gasteiger partial charge is 0.188 e. The maximum atomic E-state index is 5.99. The van der Waals surface area contributed by atoms with Gasteiger partial charge in [-0.1, -0.05) is 77.0 Å². The monoisotopic (exact) mass is 433 g/mol. The lowest BCUT2D eigenvalue weighted by Crippen LogP contribution is -2.22. The number of hydrogen-bond acceptors (Lipinski definition) is 3. The van der Waals surface area contributed by atoms with Gasteiger partial charge in [-0.3, -0.25) is 4.99 Å². The van der Waals surface area contributed by atoms with Crippen molar-refractivity contribution in [1.29, 1.82) is 0 Å². The maximum Gasteiger partial charge on any atom is 0.188 e. The van der Waals surface area contributed by atoms with Crippen molar-refractivity contribution in [2.24, 2.45) is 4.99 Å². The molecule has 4 heteroatoms. The predicted molar refractivity (Wildman–Crippen MR) is 134 cm³/mol. The molecule has 3 aromatic carbocycles. The van der Waals surface area contributed by atoms with Crippen LogP contribution in [-0.2, 0) is 9.89 Å². The van der Waals surface area contributed by atoms with E-state index in [1.54, 1.807) is 7.11 Å². The van der Waals surface area contributed by atoms with Crippen LogP contribution in [0.25, 0.3) is 0 Å². The van der Waals surface area contributed by atoms with Crippen LogP contribution in [0.15, 0.2) is 71.7 Å². The molecular formula is C27H32NO2P. The first-order valence-electron chi connectivity index (χ1n) is 10.5. The predicted octanol–water partition coefficient (Wildman–Crippen LogP) is 6.67. The van der Waals surface area contributed by atoms with Gasteiger partial charge in [-0.15, -0.1) is 0 Å². The van der Waals surface area contributed by atoms with E-state index in [9.17, 15) is 0 Å². The van der Waals surface area contributed by atoms with Crippen LogP contribution in [0.2, 0.25) is 0 Å². The van der Waals surface area contributed by atoms with Crippen molar-refractivity contribution in [3.05, 3.63) is 89.0 Å². The van der Waals surface area contributed by atoms with Crippen molar-refractivity contribution in [2.45, 2.75) is 39.8 Å². The Morgan fingerprint density at radius 3 is 2.29 bits per heavy atom. The Hall–Kier alpha value is -2.48. The molecule has 0 saturated heterocycles. The lowest BCUT2D eigenvalue weighted by molar-refractivity contribution is 0.0496. The van der Waals surface area contributed by atoms with Gasteiger partial charge in [-0.2, -0.15) is 0 Å². The minimum absolute atomic E-state index is 0.108. The van der Waals surface area contributed by atoms with Gasteiger partial charge in [0.15, 0.2) is 6.79 Å². The zero-order valence-electron chi connectivity index (χ0n) is 19.3. The Balaban J connectivity index is 2.02. The number of aliphatic imine (C=N–C) groups is 1. The van der Waals surface area contributed by atoms with E-state index < -0.39 is 0 Å². The maximum absolute atomic E-state index is 5.99. The number of hydrogen-bond donors (Lipinski definition) is 0. The van der Waals surface area contributed by atoms with E-state index in [4.69, 9.17) is 14.5 Å². The molecule has 0 bridgehead atoms. The van der Waals surface area contributed by atoms with Gasteiger partial charge >= 0.3 is 0 Å². The largest absolute Gasteiger partial charge is 0.467 e. The molecule has 0 radical (unpaired) electrons. The average molecular weight is 434 g/mol. The summed E-state index contributed by atoms with van der Waals surface area (Å²) in [6.07, 6.45) is 0. The van der Waals surface area contributed by atoms with Crippen LogP contribution in [0, 0.1) is 13.8 Å². The third-order valence-corrected chi connectivity index (χ3v) is 7.17. The summed E-state index contributed by atoms with van der Waals surface area (Å²) in [6, 6.07) is 23.0. The molecule has 0 heterocycles. The zero-order valence-corrected chi connectivity index (χ0v) is 20.3. The van der Waals surface area contributed by atoms with Gasteiger partial charge in [0.05, 0.1) is 5.69 Å². The average Bonchev–Trinajstić information content (AvgIpc) is 2.74. The van der Waals surface area contributed by atoms with E-state index in [0.717, 1.165) is 22.7 Å². The molecule has 0 spiro atoms. The highest BCUT2D eigenvalue weighted by atomic mass is 31.1. The Kier molecular flexibility index (Phi) is 7.64. The normalized spacial score (nSPS) is 12.5. The summed E-state index contributed by atoms with van der Waals surface area (Å²) in [5.74, 6) is 0.923. The van der Waals surface area contributed by atoms with Crippen LogP contribution in [0.3, 0.4) is 0 Å². The standard InChI is InChI=1S/C27H32NO2P/c1-19-12-11-17-24(25(19)30-18-29-6)27(4,5)31-26-20(2)13-10-16-23(26)21(3)28-22-14-8-7-9-15-22/h7-17,31H,18H2,1-6H3/b28-21+. The van der Waals surface area contributed by atoms with Crippen LogP contribution >= 0.6 is 8.58 Å². The molecule has 1 unspecified atom stereocenters. The molecule has 3 aromatic rings. The molecule has 0 aliphatic rings. The number of para-hydroxylation sites is 2. The van der Waals surface area contributed by atoms with E-state index in [1.165, 1.54) is 22.0 Å². The van der Waals surface area contributed by atoms with Crippen LogP contribution in [0.4, 0.5) is 5.69 Å². The summed E-state index contributed by atoms with van der Waals surface area (Å²) >= 11 is 0. The van der Waals surface area contributed by atoms with E-state index >= 15 is 0 Å². The number of benzene rings is 3. The van der Waals surface area contributed by atoms with Crippen LogP contribution in [0.5, 0.6) is 5.75 Å². The van der Waals surface area contributed by atoms with Crippen molar-refractivity contribution < 1.29 is 9.47 Å². The third-order valence-electron chi connectivity index (χ3n) is 5.36. The first kappa shape index (κ1) is 23.2. The van der Waals surface area contributed by atoms with Crippen molar-refractivity contribution in [3.63, 3.8) is 0 Å². The Morgan fingerprint density at radius 2 is 1.58 bits per heavy atom. The van der Waals surface area contributed by atoms with Gasteiger partial charge in [0.1, 0.15) is 5.75 Å². The van der Waals surface area contributed by atoms with E-state index in [1.807, 2.05) is 30.3 Å². The van der Waals surface area contributed by atoms with Gasteiger partial charge in [0.2, 0.25) is 0 Å². The first-order chi connectivity index (χ1) is 14.8. The molecule has 0 saturated carbocycles. The first-order valence-corrected chi connectivity index (χ1v) is 11.5. The topological polar surface area (TPSA) is 30.8 Å². The van der Waals surface area contributed by atoms with Crippen molar-refractivity contribution >= 4 is 25.3 Å². The quantitative estimate of drug-likeness (QED) is 0.226. The summed E-state index contributed by atoms with van der Waals surface area (Å²) in [4.78, 5) is 4.89. The Labute approximate surface area is 188 Å². The highest BCUT2D eigenvalue weighted by molar-refractivity contribution is 7.48. The van der Waals surface area contributed by atoms with Crippen LogP contribution < -0.4 is 10.0 Å². The van der Waals surface area contributed by atoms with Crippen molar-refractivity contribution in [3.8, 4) is 5.75 Å². The Morgan fingerprint density at radius 1 is 0.903 bits per heavy atom. The highest BCUT2D eigenvalue weighted by Crippen LogP contribution is 2.46. The summed E-state index contributed by atoms with van der Waals surface area (Å²) in [5, 5.41) is 1.24. The minimum atomic E-state index is -0.108. The third kappa shape index (κ3) is 5.61. The fourth-order valence-electron chi connectivity index (χ4n) is 3.73. The fourth-order valence-corrected chi connectivity index (χ4v) is 5.36. The number of ether oxygens (including phenoxy) is 2. The van der Waals surface area contributed by atoms with Gasteiger partial charge in [0, 0.05) is 29.1 Å². The second-order valence-electron chi connectivity index (χ2n) is 8.28. The molecule has 3 rings (SSSR count). The molecule has 0 aromatic heterocycles. The summed E-state index contributed by atoms with van der Waals surface area (Å²) in [6.45, 7) is 11.2. The lowest BCUT2D eigenvalue weighted by Gasteiger charge is -2.30. The molecule has 0 aliphatic carbocycles. The number of rotatable bonds is 8. The van der Waals surface area contributed by atoms with Crippen molar-refractivity contribution in [1.82, 2.24) is 0 Å². The number of aryl methyl sites for hydroxylation is 2. The molecule has 3 nitrogen and oxygen atoms in total. The van der Waals surface area contributed by atoms with Crippen molar-refractivity contribution in [2.75, 3.05) is 13.9 Å². The number of nitrogens with zero attached hydrogens (tertiary/aromatic N) is 1. The molecule has 162 valence electrons. The zero-order chi connectivity index (χ0) is 22.4. The van der Waals surface area contributed by atoms with Crippen LogP contribution in [-0.4, -0.2) is 19.6 Å². The lowest BCUT2D eigenvalue weighted by atomic mass is 9.98. The second kappa shape index (κ2) is 10.2. The summed E-state index contributed by atoms with van der Waals surface area (Å²) in [5.41, 5.74) is 6.84. The molecule has 1 atom stereocenters. The van der Waals surface area contributed by atoms with Gasteiger partial charge in [-0.25, -0.2) is 0 Å². The van der Waals surface area contributed by atoms with Gasteiger partial charge < -0.3 is 9.47 Å². The second-order valence-corrected chi connectivity index (χ2v) is 10.3. The molecule has 0 amide bonds. The SMILES string of the molecule is COCOc1c(C)cccc1C(C)(C)Pc1c(C)cccc1/C(C)=N/c1ccccc1. The minimum Gasteiger partial charge on any atom is -0.467 e. The van der Waals surface area contributed by atoms with E-state index in [2.05, 4.69) is 71.0 Å². The molecule has 0 N–H and O–H groups in total. The van der Waals surface area contributed by atoms with Crippen LogP contribution in [0.1, 0.15) is 43.0 Å². The number of methoxy groups -OCH3 is 1. The van der Waals surface area contributed by atoms with E-state index in [0.29, 0.717) is 8.58 Å². The Bertz CT molecular complexity index is 1060.